The average molecular weight is 308 g/mol. The molecule has 0 aliphatic carbocycles. The molecule has 0 spiro atoms. The maximum absolute atomic E-state index is 9.23. The molecule has 0 aromatic heterocycles. The van der Waals surface area contributed by atoms with E-state index in [4.69, 9.17) is 0 Å². The molecule has 0 N–H and O–H groups in total. The second-order valence-corrected chi connectivity index (χ2v) is 6.57. The molecule has 0 unspecified atom stereocenters. The van der Waals surface area contributed by atoms with Gasteiger partial charge in [0, 0.05) is 17.9 Å². The Morgan fingerprint density at radius 3 is 2.64 bits per heavy atom. The van der Waals surface area contributed by atoms with E-state index in [9.17, 15) is 5.26 Å². The zero-order chi connectivity index (χ0) is 15.4. The van der Waals surface area contributed by atoms with Crippen molar-refractivity contribution in [1.82, 2.24) is 0 Å². The SMILES string of the molecule is CSCCCN1c2ccccc2CCc2ccc(C#N)cc21. The fourth-order valence-electron chi connectivity index (χ4n) is 3.09. The zero-order valence-corrected chi connectivity index (χ0v) is 13.7. The van der Waals surface area contributed by atoms with Crippen molar-refractivity contribution >= 4 is 23.1 Å². The van der Waals surface area contributed by atoms with Crippen LogP contribution in [0.15, 0.2) is 42.5 Å². The van der Waals surface area contributed by atoms with Gasteiger partial charge in [0.2, 0.25) is 0 Å². The van der Waals surface area contributed by atoms with Crippen LogP contribution in [0.4, 0.5) is 11.4 Å². The molecule has 0 saturated heterocycles. The summed E-state index contributed by atoms with van der Waals surface area (Å²) in [4.78, 5) is 2.41. The van der Waals surface area contributed by atoms with Gasteiger partial charge in [0.05, 0.1) is 11.6 Å². The highest BCUT2D eigenvalue weighted by atomic mass is 32.2. The van der Waals surface area contributed by atoms with E-state index in [1.54, 1.807) is 0 Å². The van der Waals surface area contributed by atoms with E-state index in [0.717, 1.165) is 37.1 Å². The monoisotopic (exact) mass is 308 g/mol. The van der Waals surface area contributed by atoms with Gasteiger partial charge in [0.1, 0.15) is 0 Å². The van der Waals surface area contributed by atoms with Gasteiger partial charge in [0.15, 0.2) is 0 Å². The number of fused-ring (bicyclic) bond motifs is 2. The summed E-state index contributed by atoms with van der Waals surface area (Å²) in [6, 6.07) is 17.1. The standard InChI is InChI=1S/C19H20N2S/c1-22-12-4-11-21-18-6-3-2-5-16(18)9-10-17-8-7-15(14-20)13-19(17)21/h2-3,5-8,13H,4,9-12H2,1H3. The molecule has 2 aromatic carbocycles. The summed E-state index contributed by atoms with van der Waals surface area (Å²) < 4.78 is 0. The van der Waals surface area contributed by atoms with Gasteiger partial charge in [-0.25, -0.2) is 0 Å². The lowest BCUT2D eigenvalue weighted by atomic mass is 10.0. The topological polar surface area (TPSA) is 27.0 Å². The number of hydrogen-bond acceptors (Lipinski definition) is 3. The lowest BCUT2D eigenvalue weighted by Gasteiger charge is -2.27. The van der Waals surface area contributed by atoms with Crippen molar-refractivity contribution in [1.29, 1.82) is 5.26 Å². The minimum atomic E-state index is 0.744. The number of nitrogens with zero attached hydrogens (tertiary/aromatic N) is 2. The molecule has 0 fully saturated rings. The van der Waals surface area contributed by atoms with E-state index >= 15 is 0 Å². The van der Waals surface area contributed by atoms with Crippen molar-refractivity contribution in [2.75, 3.05) is 23.5 Å². The Hall–Kier alpha value is -1.92. The molecule has 0 amide bonds. The molecule has 1 heterocycles. The van der Waals surface area contributed by atoms with Crippen LogP contribution in [-0.4, -0.2) is 18.6 Å². The highest BCUT2D eigenvalue weighted by Crippen LogP contribution is 2.36. The summed E-state index contributed by atoms with van der Waals surface area (Å²) in [5, 5.41) is 9.23. The molecule has 0 bridgehead atoms. The van der Waals surface area contributed by atoms with Crippen LogP contribution in [0.2, 0.25) is 0 Å². The Balaban J connectivity index is 2.05. The van der Waals surface area contributed by atoms with E-state index in [-0.39, 0.29) is 0 Å². The van der Waals surface area contributed by atoms with Gasteiger partial charge < -0.3 is 4.90 Å². The minimum Gasteiger partial charge on any atom is -0.341 e. The summed E-state index contributed by atoms with van der Waals surface area (Å²) in [5.41, 5.74) is 6.01. The van der Waals surface area contributed by atoms with Crippen LogP contribution in [0.3, 0.4) is 0 Å². The third-order valence-corrected chi connectivity index (χ3v) is 4.88. The largest absolute Gasteiger partial charge is 0.341 e. The smallest absolute Gasteiger partial charge is 0.0992 e. The number of para-hydroxylation sites is 1. The summed E-state index contributed by atoms with van der Waals surface area (Å²) in [6.45, 7) is 1.000. The number of hydrogen-bond donors (Lipinski definition) is 0. The molecule has 112 valence electrons. The average Bonchev–Trinajstić information content (AvgIpc) is 2.72. The minimum absolute atomic E-state index is 0.744. The van der Waals surface area contributed by atoms with Crippen molar-refractivity contribution in [2.45, 2.75) is 19.3 Å². The van der Waals surface area contributed by atoms with E-state index in [0.29, 0.717) is 0 Å². The van der Waals surface area contributed by atoms with Gasteiger partial charge in [-0.15, -0.1) is 0 Å². The summed E-state index contributed by atoms with van der Waals surface area (Å²) in [7, 11) is 0. The zero-order valence-electron chi connectivity index (χ0n) is 12.9. The summed E-state index contributed by atoms with van der Waals surface area (Å²) >= 11 is 1.89. The normalized spacial score (nSPS) is 13.0. The number of aryl methyl sites for hydroxylation is 2. The van der Waals surface area contributed by atoms with Crippen LogP contribution in [0.5, 0.6) is 0 Å². The molecule has 22 heavy (non-hydrogen) atoms. The first-order valence-electron chi connectivity index (χ1n) is 7.71. The molecule has 2 aromatic rings. The van der Waals surface area contributed by atoms with Crippen molar-refractivity contribution in [2.24, 2.45) is 0 Å². The molecule has 0 atom stereocenters. The predicted octanol–water partition coefficient (Wildman–Crippen LogP) is 4.55. The molecule has 1 aliphatic heterocycles. The summed E-state index contributed by atoms with van der Waals surface area (Å²) in [6.07, 6.45) is 5.40. The van der Waals surface area contributed by atoms with Gasteiger partial charge in [-0.05, 0) is 60.6 Å². The van der Waals surface area contributed by atoms with E-state index in [1.165, 1.54) is 22.5 Å². The van der Waals surface area contributed by atoms with Gasteiger partial charge in [-0.3, -0.25) is 0 Å². The quantitative estimate of drug-likeness (QED) is 0.775. The van der Waals surface area contributed by atoms with Crippen molar-refractivity contribution in [3.63, 3.8) is 0 Å². The van der Waals surface area contributed by atoms with Crippen LogP contribution < -0.4 is 4.90 Å². The Labute approximate surface area is 136 Å². The van der Waals surface area contributed by atoms with Crippen LogP contribution in [0, 0.1) is 11.3 Å². The van der Waals surface area contributed by atoms with E-state index < -0.39 is 0 Å². The van der Waals surface area contributed by atoms with Crippen molar-refractivity contribution < 1.29 is 0 Å². The van der Waals surface area contributed by atoms with Gasteiger partial charge in [0.25, 0.3) is 0 Å². The van der Waals surface area contributed by atoms with E-state index in [2.05, 4.69) is 53.6 Å². The lowest BCUT2D eigenvalue weighted by molar-refractivity contribution is 0.892. The first-order valence-corrected chi connectivity index (χ1v) is 9.10. The van der Waals surface area contributed by atoms with Crippen molar-refractivity contribution in [3.05, 3.63) is 59.2 Å². The third-order valence-electron chi connectivity index (χ3n) is 4.18. The number of rotatable bonds is 4. The van der Waals surface area contributed by atoms with Crippen LogP contribution in [-0.2, 0) is 12.8 Å². The maximum Gasteiger partial charge on any atom is 0.0992 e. The fourth-order valence-corrected chi connectivity index (χ4v) is 3.51. The lowest BCUT2D eigenvalue weighted by Crippen LogP contribution is -2.20. The van der Waals surface area contributed by atoms with Crippen molar-refractivity contribution in [3.8, 4) is 6.07 Å². The number of nitriles is 1. The highest BCUT2D eigenvalue weighted by molar-refractivity contribution is 7.98. The Bertz CT molecular complexity index is 703. The van der Waals surface area contributed by atoms with Gasteiger partial charge in [-0.2, -0.15) is 17.0 Å². The molecule has 1 aliphatic rings. The van der Waals surface area contributed by atoms with Gasteiger partial charge >= 0.3 is 0 Å². The van der Waals surface area contributed by atoms with E-state index in [1.807, 2.05) is 17.8 Å². The molecule has 3 rings (SSSR count). The summed E-state index contributed by atoms with van der Waals surface area (Å²) in [5.74, 6) is 1.16. The Kier molecular flexibility index (Phi) is 4.70. The molecular weight excluding hydrogens is 288 g/mol. The number of benzene rings is 2. The maximum atomic E-state index is 9.23. The Morgan fingerprint density at radius 1 is 1.09 bits per heavy atom. The van der Waals surface area contributed by atoms with Gasteiger partial charge in [-0.1, -0.05) is 24.3 Å². The highest BCUT2D eigenvalue weighted by Gasteiger charge is 2.20. The van der Waals surface area contributed by atoms with Crippen LogP contribution >= 0.6 is 11.8 Å². The molecule has 2 nitrogen and oxygen atoms in total. The first-order chi connectivity index (χ1) is 10.8. The Morgan fingerprint density at radius 2 is 1.86 bits per heavy atom. The number of thioether (sulfide) groups is 1. The predicted molar refractivity (Wildman–Crippen MR) is 95.0 cm³/mol. The molecule has 3 heteroatoms. The third kappa shape index (κ3) is 2.98. The molecular formula is C19H20N2S. The second kappa shape index (κ2) is 6.89. The second-order valence-electron chi connectivity index (χ2n) is 5.58. The first kappa shape index (κ1) is 15.0. The molecule has 0 radical (unpaired) electrons. The fraction of sp³-hybridized carbons (Fsp3) is 0.316. The van der Waals surface area contributed by atoms with Crippen LogP contribution in [0.25, 0.3) is 0 Å². The number of anilines is 2. The van der Waals surface area contributed by atoms with Crippen LogP contribution in [0.1, 0.15) is 23.1 Å². The molecule has 0 saturated carbocycles.